The highest BCUT2D eigenvalue weighted by atomic mass is 35.5. The molecular formula is C33H36ClF4N5O5S. The second-order valence-electron chi connectivity index (χ2n) is 12.0. The number of hydrogen-bond acceptors (Lipinski definition) is 8. The summed E-state index contributed by atoms with van der Waals surface area (Å²) < 4.78 is 81.9. The third kappa shape index (κ3) is 9.26. The number of pyridine rings is 1. The van der Waals surface area contributed by atoms with Crippen molar-refractivity contribution in [1.82, 2.24) is 20.5 Å². The van der Waals surface area contributed by atoms with E-state index in [0.717, 1.165) is 32.3 Å². The van der Waals surface area contributed by atoms with Gasteiger partial charge in [0.05, 0.1) is 7.11 Å². The Bertz CT molecular complexity index is 1700. The van der Waals surface area contributed by atoms with E-state index in [1.807, 2.05) is 0 Å². The second-order valence-corrected chi connectivity index (χ2v) is 13.6. The van der Waals surface area contributed by atoms with Crippen molar-refractivity contribution in [1.29, 1.82) is 0 Å². The summed E-state index contributed by atoms with van der Waals surface area (Å²) in [4.78, 5) is 32.5. The number of hydrogen-bond donors (Lipinski definition) is 4. The first-order chi connectivity index (χ1) is 23.3. The van der Waals surface area contributed by atoms with Gasteiger partial charge in [-0.15, -0.1) is 0 Å². The van der Waals surface area contributed by atoms with Crippen molar-refractivity contribution in [3.8, 4) is 0 Å². The third-order valence-corrected chi connectivity index (χ3v) is 9.87. The van der Waals surface area contributed by atoms with Crippen LogP contribution in [0.15, 0.2) is 60.8 Å². The van der Waals surface area contributed by atoms with E-state index in [1.165, 1.54) is 36.4 Å². The Morgan fingerprint density at radius 2 is 1.84 bits per heavy atom. The van der Waals surface area contributed by atoms with Crippen LogP contribution in [0.1, 0.15) is 47.6 Å². The number of alkyl carbamates (subject to hydrolysis) is 1. The summed E-state index contributed by atoms with van der Waals surface area (Å²) in [5, 5.41) is 9.12. The average molecular weight is 726 g/mol. The summed E-state index contributed by atoms with van der Waals surface area (Å²) in [5.41, 5.74) is -0.0900. The summed E-state index contributed by atoms with van der Waals surface area (Å²) >= 11 is 6.09. The molecule has 5 rings (SSSR count). The summed E-state index contributed by atoms with van der Waals surface area (Å²) in [6.45, 7) is 1.54. The standard InChI is InChI=1S/C33H36ClF4N5O5S/c1-48-32(45)42-30(29(19-7-10-21(34)11-8-19)20-9-14-28(40-16-20)33(36,37)38)31(44)41-25-6-2-5-24(35)23(25)12-13-26-27-18-43(27)22(17-39-26)4-3-15-49(46)47/h2,5-11,14,16,22,26-27,29-30,39,49H,3-4,12-13,15,17-18H2,1H3,(H,41,44)(H,42,45)/t22?,26?,27?,29-,30-,43-/m0/s1. The van der Waals surface area contributed by atoms with E-state index in [2.05, 4.69) is 25.8 Å². The van der Waals surface area contributed by atoms with Gasteiger partial charge in [0.15, 0.2) is 0 Å². The number of nitrogens with one attached hydrogen (secondary N) is 3. The molecule has 0 spiro atoms. The highest BCUT2D eigenvalue weighted by molar-refractivity contribution is 7.72. The maximum atomic E-state index is 15.3. The number of piperazine rings is 1. The maximum absolute atomic E-state index is 15.3. The summed E-state index contributed by atoms with van der Waals surface area (Å²) in [7, 11) is -1.30. The number of nitrogens with zero attached hydrogens (tertiary/aromatic N) is 2. The average Bonchev–Trinajstić information content (AvgIpc) is 3.87. The van der Waals surface area contributed by atoms with Crippen molar-refractivity contribution in [3.05, 3.63) is 94.0 Å². The minimum absolute atomic E-state index is 0.0609. The van der Waals surface area contributed by atoms with Crippen LogP contribution >= 0.6 is 11.6 Å². The number of rotatable bonds is 13. The number of carbonyl (C=O) groups is 2. The van der Waals surface area contributed by atoms with Crippen LogP contribution in [0.4, 0.5) is 28.0 Å². The van der Waals surface area contributed by atoms with Crippen LogP contribution in [0.25, 0.3) is 0 Å². The highest BCUT2D eigenvalue weighted by Gasteiger charge is 2.47. The van der Waals surface area contributed by atoms with Gasteiger partial charge in [-0.2, -0.15) is 13.2 Å². The molecule has 2 aromatic carbocycles. The number of halogens is 5. The predicted octanol–water partition coefficient (Wildman–Crippen LogP) is 4.74. The molecule has 0 radical (unpaired) electrons. The zero-order valence-corrected chi connectivity index (χ0v) is 28.0. The Morgan fingerprint density at radius 3 is 2.49 bits per heavy atom. The SMILES string of the molecule is COC(=O)N[C@H](C(=O)Nc1cccc(F)c1CCC1NCC(CCC[SH](=O)=O)[N@]2CC12)[C@@H](c1ccc(Cl)cc1)c1ccc(C(F)(F)F)nc1. The molecule has 2 fully saturated rings. The van der Waals surface area contributed by atoms with E-state index in [4.69, 9.17) is 16.3 Å². The first kappa shape index (κ1) is 36.5. The molecule has 6 atom stereocenters. The van der Waals surface area contributed by atoms with E-state index in [1.54, 1.807) is 12.1 Å². The number of methoxy groups -OCH3 is 1. The monoisotopic (exact) mass is 725 g/mol. The minimum Gasteiger partial charge on any atom is -0.453 e. The van der Waals surface area contributed by atoms with Crippen molar-refractivity contribution in [2.75, 3.05) is 31.3 Å². The Kier molecular flexibility index (Phi) is 11.8. The van der Waals surface area contributed by atoms with Crippen molar-refractivity contribution in [3.63, 3.8) is 0 Å². The summed E-state index contributed by atoms with van der Waals surface area (Å²) in [5.74, 6) is -2.21. The Morgan fingerprint density at radius 1 is 1.10 bits per heavy atom. The van der Waals surface area contributed by atoms with Crippen LogP contribution < -0.4 is 16.0 Å². The fourth-order valence-electron chi connectivity index (χ4n) is 6.44. The molecular weight excluding hydrogens is 690 g/mol. The molecule has 10 nitrogen and oxygen atoms in total. The van der Waals surface area contributed by atoms with Crippen molar-refractivity contribution < 1.29 is 40.3 Å². The number of thiol groups is 1. The lowest BCUT2D eigenvalue weighted by atomic mass is 9.85. The van der Waals surface area contributed by atoms with Gasteiger partial charge >= 0.3 is 12.3 Å². The van der Waals surface area contributed by atoms with Crippen LogP contribution in [0, 0.1) is 5.82 Å². The van der Waals surface area contributed by atoms with E-state index in [-0.39, 0.29) is 47.1 Å². The first-order valence-electron chi connectivity index (χ1n) is 15.7. The lowest BCUT2D eigenvalue weighted by Gasteiger charge is -2.31. The van der Waals surface area contributed by atoms with Gasteiger partial charge in [0.2, 0.25) is 5.91 Å². The molecule has 0 saturated carbocycles. The fourth-order valence-corrected chi connectivity index (χ4v) is 7.00. The molecule has 2 saturated heterocycles. The lowest BCUT2D eigenvalue weighted by Crippen LogP contribution is -2.49. The van der Waals surface area contributed by atoms with Crippen LogP contribution in [-0.2, 0) is 32.8 Å². The number of amides is 2. The summed E-state index contributed by atoms with van der Waals surface area (Å²) in [6, 6.07) is 11.6. The molecule has 0 bridgehead atoms. The third-order valence-electron chi connectivity index (χ3n) is 8.94. The molecule has 16 heteroatoms. The number of benzene rings is 2. The molecule has 2 aliphatic rings. The van der Waals surface area contributed by atoms with Gasteiger partial charge < -0.3 is 20.7 Å². The Hall–Kier alpha value is -3.79. The van der Waals surface area contributed by atoms with Crippen molar-refractivity contribution in [2.24, 2.45) is 0 Å². The Labute approximate surface area is 287 Å². The molecule has 2 amide bonds. The van der Waals surface area contributed by atoms with Crippen LogP contribution in [0.2, 0.25) is 5.02 Å². The van der Waals surface area contributed by atoms with Crippen LogP contribution in [0.5, 0.6) is 0 Å². The van der Waals surface area contributed by atoms with Gasteiger partial charge in [0.1, 0.15) is 28.3 Å². The van der Waals surface area contributed by atoms with Gasteiger partial charge in [-0.3, -0.25) is 14.7 Å². The smallest absolute Gasteiger partial charge is 0.433 e. The molecule has 3 heterocycles. The lowest BCUT2D eigenvalue weighted by molar-refractivity contribution is -0.141. The van der Waals surface area contributed by atoms with Crippen molar-refractivity contribution >= 4 is 40.0 Å². The number of aromatic nitrogens is 1. The number of carbonyl (C=O) groups excluding carboxylic acids is 2. The number of fused-ring (bicyclic) bond motifs is 1. The predicted molar refractivity (Wildman–Crippen MR) is 176 cm³/mol. The molecule has 3 aromatic rings. The number of alkyl halides is 3. The number of anilines is 1. The zero-order chi connectivity index (χ0) is 35.3. The molecule has 3 unspecified atom stereocenters. The van der Waals surface area contributed by atoms with Gasteiger partial charge in [-0.05, 0) is 67.1 Å². The molecule has 3 N–H and O–H groups in total. The van der Waals surface area contributed by atoms with E-state index >= 15 is 4.39 Å². The largest absolute Gasteiger partial charge is 0.453 e. The van der Waals surface area contributed by atoms with Crippen molar-refractivity contribution in [2.45, 2.75) is 61.9 Å². The second kappa shape index (κ2) is 15.8. The quantitative estimate of drug-likeness (QED) is 0.113. The topological polar surface area (TPSA) is 130 Å². The zero-order valence-electron chi connectivity index (χ0n) is 26.4. The summed E-state index contributed by atoms with van der Waals surface area (Å²) in [6.07, 6.45) is -2.50. The highest BCUT2D eigenvalue weighted by Crippen LogP contribution is 2.35. The number of ether oxygens (including phenoxy) is 1. The van der Waals surface area contributed by atoms with E-state index in [0.29, 0.717) is 30.0 Å². The van der Waals surface area contributed by atoms with E-state index < -0.39 is 52.4 Å². The minimum atomic E-state index is -4.70. The van der Waals surface area contributed by atoms with Gasteiger partial charge in [-0.25, -0.2) is 17.6 Å². The first-order valence-corrected chi connectivity index (χ1v) is 17.4. The van der Waals surface area contributed by atoms with Crippen LogP contribution in [-0.4, -0.2) is 80.4 Å². The normalized spacial score (nSPS) is 21.4. The molecule has 49 heavy (non-hydrogen) atoms. The van der Waals surface area contributed by atoms with Gasteiger partial charge in [0.25, 0.3) is 0 Å². The molecule has 0 aliphatic carbocycles. The molecule has 2 aliphatic heterocycles. The maximum Gasteiger partial charge on any atom is 0.433 e. The van der Waals surface area contributed by atoms with Crippen LogP contribution in [0.3, 0.4) is 0 Å². The molecule has 1 aromatic heterocycles. The van der Waals surface area contributed by atoms with E-state index in [9.17, 15) is 31.2 Å². The fraction of sp³-hybridized carbons (Fsp3) is 0.424. The Balaban J connectivity index is 1.37. The van der Waals surface area contributed by atoms with Gasteiger partial charge in [0, 0.05) is 65.4 Å². The van der Waals surface area contributed by atoms with Gasteiger partial charge in [-0.1, -0.05) is 35.9 Å². The molecule has 264 valence electrons.